The third-order valence-electron chi connectivity index (χ3n) is 3.69. The third-order valence-corrected chi connectivity index (χ3v) is 3.69. The molecule has 2 rings (SSSR count). The highest BCUT2D eigenvalue weighted by atomic mass is 16.5. The van der Waals surface area contributed by atoms with Gasteiger partial charge in [-0.1, -0.05) is 30.3 Å². The molecule has 0 fully saturated rings. The Morgan fingerprint density at radius 1 is 1.17 bits per heavy atom. The third kappa shape index (κ3) is 4.64. The van der Waals surface area contributed by atoms with Crippen molar-refractivity contribution in [2.45, 2.75) is 19.4 Å². The molecule has 1 amide bonds. The second kappa shape index (κ2) is 8.08. The van der Waals surface area contributed by atoms with Gasteiger partial charge in [0.1, 0.15) is 0 Å². The molecule has 0 aliphatic rings. The number of benzene rings is 1. The highest BCUT2D eigenvalue weighted by Gasteiger charge is 2.27. The molecule has 0 spiro atoms. The Balaban J connectivity index is 2.09. The van der Waals surface area contributed by atoms with Gasteiger partial charge in [-0.25, -0.2) is 0 Å². The number of hydrogen-bond donors (Lipinski definition) is 1. The van der Waals surface area contributed by atoms with Crippen LogP contribution in [0.3, 0.4) is 0 Å². The Morgan fingerprint density at radius 2 is 1.91 bits per heavy atom. The lowest BCUT2D eigenvalue weighted by atomic mass is 9.93. The molecule has 0 saturated carbocycles. The molecule has 2 unspecified atom stereocenters. The molecule has 0 aliphatic carbocycles. The first kappa shape index (κ1) is 16.7. The molecule has 1 aromatic heterocycles. The maximum absolute atomic E-state index is 12.2. The van der Waals surface area contributed by atoms with Crippen LogP contribution in [0.2, 0.25) is 0 Å². The van der Waals surface area contributed by atoms with Crippen molar-refractivity contribution < 1.29 is 14.3 Å². The first-order valence-electron chi connectivity index (χ1n) is 7.44. The van der Waals surface area contributed by atoms with Gasteiger partial charge in [0.25, 0.3) is 5.91 Å². The summed E-state index contributed by atoms with van der Waals surface area (Å²) < 4.78 is 4.89. The van der Waals surface area contributed by atoms with E-state index in [2.05, 4.69) is 10.3 Å². The van der Waals surface area contributed by atoms with Crippen molar-refractivity contribution in [1.82, 2.24) is 10.3 Å². The van der Waals surface area contributed by atoms with Crippen molar-refractivity contribution in [3.63, 3.8) is 0 Å². The first-order valence-corrected chi connectivity index (χ1v) is 7.44. The van der Waals surface area contributed by atoms with Crippen molar-refractivity contribution >= 4 is 11.9 Å². The SMILES string of the molecule is COC(=O)C(Cc1ccccc1)C(C)NC(=O)c1cccnc1. The van der Waals surface area contributed by atoms with Crippen LogP contribution in [0.1, 0.15) is 22.8 Å². The summed E-state index contributed by atoms with van der Waals surface area (Å²) in [5.74, 6) is -1.05. The molecule has 23 heavy (non-hydrogen) atoms. The molecule has 120 valence electrons. The molecule has 1 aromatic carbocycles. The average molecular weight is 312 g/mol. The first-order chi connectivity index (χ1) is 11.1. The summed E-state index contributed by atoms with van der Waals surface area (Å²) in [6, 6.07) is 12.7. The summed E-state index contributed by atoms with van der Waals surface area (Å²) in [7, 11) is 1.36. The second-order valence-electron chi connectivity index (χ2n) is 5.32. The van der Waals surface area contributed by atoms with Gasteiger partial charge in [0.05, 0.1) is 18.6 Å². The van der Waals surface area contributed by atoms with E-state index in [-0.39, 0.29) is 17.9 Å². The molecular weight excluding hydrogens is 292 g/mol. The summed E-state index contributed by atoms with van der Waals surface area (Å²) in [4.78, 5) is 28.2. The van der Waals surface area contributed by atoms with Crippen molar-refractivity contribution in [1.29, 1.82) is 0 Å². The molecule has 1 N–H and O–H groups in total. The Morgan fingerprint density at radius 3 is 2.52 bits per heavy atom. The molecule has 5 nitrogen and oxygen atoms in total. The molecule has 5 heteroatoms. The topological polar surface area (TPSA) is 68.3 Å². The summed E-state index contributed by atoms with van der Waals surface area (Å²) >= 11 is 0. The number of amides is 1. The van der Waals surface area contributed by atoms with Gasteiger partial charge in [-0.15, -0.1) is 0 Å². The van der Waals surface area contributed by atoms with Crippen LogP contribution < -0.4 is 5.32 Å². The molecule has 0 bridgehead atoms. The second-order valence-corrected chi connectivity index (χ2v) is 5.32. The fraction of sp³-hybridized carbons (Fsp3) is 0.278. The number of methoxy groups -OCH3 is 1. The van der Waals surface area contributed by atoms with E-state index >= 15 is 0 Å². The standard InChI is InChI=1S/C18H20N2O3/c1-13(20-17(21)15-9-6-10-19-12-15)16(18(22)23-2)11-14-7-4-3-5-8-14/h3-10,12-13,16H,11H2,1-2H3,(H,20,21). The maximum atomic E-state index is 12.2. The van der Waals surface area contributed by atoms with Crippen LogP contribution in [-0.4, -0.2) is 30.0 Å². The molecule has 2 aromatic rings. The van der Waals surface area contributed by atoms with E-state index in [0.29, 0.717) is 12.0 Å². The van der Waals surface area contributed by atoms with Gasteiger partial charge >= 0.3 is 5.97 Å². The fourth-order valence-corrected chi connectivity index (χ4v) is 2.37. The van der Waals surface area contributed by atoms with E-state index in [1.807, 2.05) is 30.3 Å². The lowest BCUT2D eigenvalue weighted by molar-refractivity contribution is -0.146. The summed E-state index contributed by atoms with van der Waals surface area (Å²) in [5, 5.41) is 2.85. The van der Waals surface area contributed by atoms with Crippen molar-refractivity contribution in [2.24, 2.45) is 5.92 Å². The number of carbonyl (C=O) groups is 2. The minimum atomic E-state index is -0.456. The Kier molecular flexibility index (Phi) is 5.86. The van der Waals surface area contributed by atoms with Crippen LogP contribution in [-0.2, 0) is 16.0 Å². The zero-order valence-electron chi connectivity index (χ0n) is 13.2. The van der Waals surface area contributed by atoms with E-state index in [1.54, 1.807) is 25.3 Å². The van der Waals surface area contributed by atoms with Gasteiger partial charge in [0.2, 0.25) is 0 Å². The molecule has 2 atom stereocenters. The van der Waals surface area contributed by atoms with E-state index in [0.717, 1.165) is 5.56 Å². The largest absolute Gasteiger partial charge is 0.469 e. The molecule has 0 radical (unpaired) electrons. The van der Waals surface area contributed by atoms with E-state index in [4.69, 9.17) is 4.74 Å². The van der Waals surface area contributed by atoms with Crippen LogP contribution in [0.5, 0.6) is 0 Å². The lowest BCUT2D eigenvalue weighted by Gasteiger charge is -2.23. The van der Waals surface area contributed by atoms with Gasteiger partial charge in [0.15, 0.2) is 0 Å². The number of carbonyl (C=O) groups excluding carboxylic acids is 2. The van der Waals surface area contributed by atoms with Gasteiger partial charge in [0, 0.05) is 18.4 Å². The van der Waals surface area contributed by atoms with Crippen molar-refractivity contribution in [2.75, 3.05) is 7.11 Å². The number of esters is 1. The van der Waals surface area contributed by atoms with E-state index in [1.165, 1.54) is 13.3 Å². The predicted molar refractivity (Wildman–Crippen MR) is 86.8 cm³/mol. The number of hydrogen-bond acceptors (Lipinski definition) is 4. The van der Waals surface area contributed by atoms with Gasteiger partial charge in [-0.2, -0.15) is 0 Å². The van der Waals surface area contributed by atoms with Crippen LogP contribution in [0.25, 0.3) is 0 Å². The van der Waals surface area contributed by atoms with Gasteiger partial charge in [-0.05, 0) is 31.0 Å². The Hall–Kier alpha value is -2.69. The fourth-order valence-electron chi connectivity index (χ4n) is 2.37. The monoisotopic (exact) mass is 312 g/mol. The number of pyridine rings is 1. The predicted octanol–water partition coefficient (Wildman–Crippen LogP) is 2.23. The zero-order chi connectivity index (χ0) is 16.7. The minimum absolute atomic E-state index is 0.257. The lowest BCUT2D eigenvalue weighted by Crippen LogP contribution is -2.42. The normalized spacial score (nSPS) is 13.0. The smallest absolute Gasteiger partial charge is 0.311 e. The van der Waals surface area contributed by atoms with Crippen LogP contribution >= 0.6 is 0 Å². The van der Waals surface area contributed by atoms with Crippen LogP contribution in [0, 0.1) is 5.92 Å². The number of nitrogens with one attached hydrogen (secondary N) is 1. The average Bonchev–Trinajstić information content (AvgIpc) is 2.60. The van der Waals surface area contributed by atoms with Gasteiger partial charge in [-0.3, -0.25) is 14.6 Å². The summed E-state index contributed by atoms with van der Waals surface area (Å²) in [6.07, 6.45) is 3.60. The highest BCUT2D eigenvalue weighted by Crippen LogP contribution is 2.15. The maximum Gasteiger partial charge on any atom is 0.311 e. The van der Waals surface area contributed by atoms with Crippen molar-refractivity contribution in [3.05, 3.63) is 66.0 Å². The summed E-state index contributed by atoms with van der Waals surface area (Å²) in [6.45, 7) is 1.80. The van der Waals surface area contributed by atoms with Crippen LogP contribution in [0.4, 0.5) is 0 Å². The Labute approximate surface area is 135 Å². The Bertz CT molecular complexity index is 644. The number of aromatic nitrogens is 1. The quantitative estimate of drug-likeness (QED) is 0.831. The zero-order valence-corrected chi connectivity index (χ0v) is 13.2. The minimum Gasteiger partial charge on any atom is -0.469 e. The molecule has 0 aliphatic heterocycles. The molecule has 1 heterocycles. The number of ether oxygens (including phenoxy) is 1. The number of rotatable bonds is 6. The van der Waals surface area contributed by atoms with Crippen LogP contribution in [0.15, 0.2) is 54.9 Å². The van der Waals surface area contributed by atoms with Crippen molar-refractivity contribution in [3.8, 4) is 0 Å². The number of nitrogens with zero attached hydrogens (tertiary/aromatic N) is 1. The summed E-state index contributed by atoms with van der Waals surface area (Å²) in [5.41, 5.74) is 1.48. The highest BCUT2D eigenvalue weighted by molar-refractivity contribution is 5.94. The molecule has 0 saturated heterocycles. The van der Waals surface area contributed by atoms with Gasteiger partial charge < -0.3 is 10.1 Å². The van der Waals surface area contributed by atoms with E-state index < -0.39 is 5.92 Å². The molecular formula is C18H20N2O3. The van der Waals surface area contributed by atoms with E-state index in [9.17, 15) is 9.59 Å².